The van der Waals surface area contributed by atoms with Crippen LogP contribution in [-0.4, -0.2) is 10.2 Å². The molecule has 0 N–H and O–H groups in total. The highest BCUT2D eigenvalue weighted by molar-refractivity contribution is 6.29. The monoisotopic (exact) mass is 248 g/mol. The van der Waals surface area contributed by atoms with Crippen LogP contribution in [0.2, 0.25) is 5.15 Å². The molecule has 3 nitrogen and oxygen atoms in total. The number of aromatic nitrogens is 2. The second kappa shape index (κ2) is 5.15. The fourth-order valence-corrected chi connectivity index (χ4v) is 1.52. The smallest absolute Gasteiger partial charge is 0.238 e. The van der Waals surface area contributed by atoms with Crippen LogP contribution < -0.4 is 4.74 Å². The Bertz CT molecular complexity index is 497. The highest BCUT2D eigenvalue weighted by atomic mass is 35.5. The predicted molar refractivity (Wildman–Crippen MR) is 67.6 cm³/mol. The van der Waals surface area contributed by atoms with Crippen LogP contribution >= 0.6 is 11.6 Å². The molecule has 0 unspecified atom stereocenters. The number of hydrogen-bond donors (Lipinski definition) is 0. The molecule has 0 bridgehead atoms. The van der Waals surface area contributed by atoms with Crippen molar-refractivity contribution in [2.45, 2.75) is 19.8 Å². The third-order valence-electron chi connectivity index (χ3n) is 2.35. The molecule has 4 heteroatoms. The summed E-state index contributed by atoms with van der Waals surface area (Å²) >= 11 is 5.65. The maximum Gasteiger partial charge on any atom is 0.238 e. The van der Waals surface area contributed by atoms with Gasteiger partial charge in [-0.1, -0.05) is 37.6 Å². The molecule has 2 rings (SSSR count). The van der Waals surface area contributed by atoms with Crippen molar-refractivity contribution in [2.24, 2.45) is 0 Å². The molecule has 0 fully saturated rings. The summed E-state index contributed by atoms with van der Waals surface area (Å²) in [6.45, 7) is 4.28. The summed E-state index contributed by atoms with van der Waals surface area (Å²) in [4.78, 5) is 0. The van der Waals surface area contributed by atoms with E-state index in [4.69, 9.17) is 16.3 Å². The summed E-state index contributed by atoms with van der Waals surface area (Å²) in [6, 6.07) is 11.3. The molecule has 0 saturated carbocycles. The molecule has 17 heavy (non-hydrogen) atoms. The molecule has 1 heterocycles. The first-order valence-electron chi connectivity index (χ1n) is 5.42. The highest BCUT2D eigenvalue weighted by Crippen LogP contribution is 2.23. The Morgan fingerprint density at radius 2 is 1.94 bits per heavy atom. The first kappa shape index (κ1) is 11.9. The molecule has 88 valence electrons. The van der Waals surface area contributed by atoms with Crippen LogP contribution in [0.4, 0.5) is 0 Å². The van der Waals surface area contributed by atoms with Gasteiger partial charge in [-0.2, -0.15) is 0 Å². The van der Waals surface area contributed by atoms with Crippen molar-refractivity contribution in [3.63, 3.8) is 0 Å². The Kier molecular flexibility index (Phi) is 3.59. The SMILES string of the molecule is CC(C)c1cccc(Oc2ccc(Cl)nn2)c1. The van der Waals surface area contributed by atoms with Gasteiger partial charge < -0.3 is 4.74 Å². The van der Waals surface area contributed by atoms with E-state index in [1.807, 2.05) is 18.2 Å². The van der Waals surface area contributed by atoms with Crippen molar-refractivity contribution in [2.75, 3.05) is 0 Å². The van der Waals surface area contributed by atoms with Gasteiger partial charge in [0.25, 0.3) is 0 Å². The molecule has 0 amide bonds. The summed E-state index contributed by atoms with van der Waals surface area (Å²) < 4.78 is 5.59. The van der Waals surface area contributed by atoms with Crippen molar-refractivity contribution >= 4 is 11.6 Å². The van der Waals surface area contributed by atoms with Crippen molar-refractivity contribution in [3.8, 4) is 11.6 Å². The molecular weight excluding hydrogens is 236 g/mol. The van der Waals surface area contributed by atoms with E-state index >= 15 is 0 Å². The molecule has 0 atom stereocenters. The average molecular weight is 249 g/mol. The second-order valence-electron chi connectivity index (χ2n) is 4.02. The number of nitrogens with zero attached hydrogens (tertiary/aromatic N) is 2. The van der Waals surface area contributed by atoms with Crippen LogP contribution in [0.1, 0.15) is 25.3 Å². The van der Waals surface area contributed by atoms with E-state index in [1.165, 1.54) is 5.56 Å². The molecule has 1 aromatic heterocycles. The van der Waals surface area contributed by atoms with Gasteiger partial charge in [-0.3, -0.25) is 0 Å². The highest BCUT2D eigenvalue weighted by Gasteiger charge is 2.03. The van der Waals surface area contributed by atoms with E-state index < -0.39 is 0 Å². The minimum atomic E-state index is 0.355. The Morgan fingerprint density at radius 1 is 1.12 bits per heavy atom. The lowest BCUT2D eigenvalue weighted by atomic mass is 10.0. The van der Waals surface area contributed by atoms with Gasteiger partial charge in [-0.25, -0.2) is 0 Å². The maximum atomic E-state index is 5.65. The minimum Gasteiger partial charge on any atom is -0.438 e. The molecule has 0 aliphatic heterocycles. The largest absolute Gasteiger partial charge is 0.438 e. The predicted octanol–water partition coefficient (Wildman–Crippen LogP) is 4.05. The van der Waals surface area contributed by atoms with E-state index in [-0.39, 0.29) is 0 Å². The zero-order valence-electron chi connectivity index (χ0n) is 9.72. The van der Waals surface area contributed by atoms with Gasteiger partial charge in [0.05, 0.1) is 0 Å². The minimum absolute atomic E-state index is 0.355. The standard InChI is InChI=1S/C13H13ClN2O/c1-9(2)10-4-3-5-11(8-10)17-13-7-6-12(14)15-16-13/h3-9H,1-2H3. The van der Waals surface area contributed by atoms with Crippen molar-refractivity contribution in [1.82, 2.24) is 10.2 Å². The van der Waals surface area contributed by atoms with Crippen molar-refractivity contribution in [3.05, 3.63) is 47.1 Å². The zero-order chi connectivity index (χ0) is 12.3. The molecule has 1 aromatic carbocycles. The normalized spacial score (nSPS) is 10.6. The van der Waals surface area contributed by atoms with Crippen LogP contribution in [0, 0.1) is 0 Å². The Hall–Kier alpha value is -1.61. The van der Waals surface area contributed by atoms with E-state index in [0.29, 0.717) is 17.0 Å². The molecule has 0 radical (unpaired) electrons. The van der Waals surface area contributed by atoms with E-state index in [0.717, 1.165) is 5.75 Å². The Balaban J connectivity index is 2.18. The van der Waals surface area contributed by atoms with Crippen LogP contribution in [0.15, 0.2) is 36.4 Å². The van der Waals surface area contributed by atoms with E-state index in [9.17, 15) is 0 Å². The van der Waals surface area contributed by atoms with Gasteiger partial charge in [0.15, 0.2) is 5.15 Å². The summed E-state index contributed by atoms with van der Waals surface area (Å²) in [5.74, 6) is 1.66. The van der Waals surface area contributed by atoms with Gasteiger partial charge in [-0.05, 0) is 29.7 Å². The number of hydrogen-bond acceptors (Lipinski definition) is 3. The van der Waals surface area contributed by atoms with Crippen molar-refractivity contribution < 1.29 is 4.74 Å². The lowest BCUT2D eigenvalue weighted by Crippen LogP contribution is -1.92. The fourth-order valence-electron chi connectivity index (χ4n) is 1.42. The Labute approximate surface area is 105 Å². The number of rotatable bonds is 3. The van der Waals surface area contributed by atoms with E-state index in [1.54, 1.807) is 12.1 Å². The lowest BCUT2D eigenvalue weighted by molar-refractivity contribution is 0.454. The maximum absolute atomic E-state index is 5.65. The molecule has 0 aliphatic carbocycles. The topological polar surface area (TPSA) is 35.0 Å². The zero-order valence-corrected chi connectivity index (χ0v) is 10.5. The summed E-state index contributed by atoms with van der Waals surface area (Å²) in [6.07, 6.45) is 0. The van der Waals surface area contributed by atoms with Gasteiger partial charge in [0.1, 0.15) is 5.75 Å². The summed E-state index contributed by atoms with van der Waals surface area (Å²) in [5, 5.41) is 7.92. The molecule has 0 aliphatic rings. The van der Waals surface area contributed by atoms with Crippen LogP contribution in [0.5, 0.6) is 11.6 Å². The third-order valence-corrected chi connectivity index (χ3v) is 2.56. The molecular formula is C13H13ClN2O. The van der Waals surface area contributed by atoms with Gasteiger partial charge in [0.2, 0.25) is 5.88 Å². The van der Waals surface area contributed by atoms with Crippen molar-refractivity contribution in [1.29, 1.82) is 0 Å². The number of benzene rings is 1. The average Bonchev–Trinajstić information content (AvgIpc) is 2.32. The summed E-state index contributed by atoms with van der Waals surface area (Å²) in [5.41, 5.74) is 1.23. The summed E-state index contributed by atoms with van der Waals surface area (Å²) in [7, 11) is 0. The third kappa shape index (κ3) is 3.17. The quantitative estimate of drug-likeness (QED) is 0.822. The molecule has 0 saturated heterocycles. The van der Waals surface area contributed by atoms with Gasteiger partial charge >= 0.3 is 0 Å². The van der Waals surface area contributed by atoms with E-state index in [2.05, 4.69) is 30.1 Å². The molecule has 0 spiro atoms. The van der Waals surface area contributed by atoms with Crippen LogP contribution in [0.25, 0.3) is 0 Å². The fraction of sp³-hybridized carbons (Fsp3) is 0.231. The Morgan fingerprint density at radius 3 is 2.59 bits per heavy atom. The number of halogens is 1. The first-order chi connectivity index (χ1) is 8.15. The van der Waals surface area contributed by atoms with Crippen LogP contribution in [0.3, 0.4) is 0 Å². The molecule has 2 aromatic rings. The lowest BCUT2D eigenvalue weighted by Gasteiger charge is -2.08. The van der Waals surface area contributed by atoms with Gasteiger partial charge in [-0.15, -0.1) is 10.2 Å². The van der Waals surface area contributed by atoms with Crippen LogP contribution in [-0.2, 0) is 0 Å². The number of ether oxygens (including phenoxy) is 1. The second-order valence-corrected chi connectivity index (χ2v) is 4.41. The van der Waals surface area contributed by atoms with Gasteiger partial charge in [0, 0.05) is 6.07 Å². The first-order valence-corrected chi connectivity index (χ1v) is 5.80.